The van der Waals surface area contributed by atoms with Gasteiger partial charge < -0.3 is 19.4 Å². The van der Waals surface area contributed by atoms with Gasteiger partial charge in [0, 0.05) is 39.1 Å². The average molecular weight is 396 g/mol. The van der Waals surface area contributed by atoms with Crippen LogP contribution in [0.1, 0.15) is 6.42 Å². The highest BCUT2D eigenvalue weighted by Crippen LogP contribution is 2.15. The molecular formula is C17H24N4O5S. The molecule has 0 atom stereocenters. The van der Waals surface area contributed by atoms with E-state index in [-0.39, 0.29) is 30.6 Å². The second-order valence-corrected chi connectivity index (χ2v) is 7.42. The molecule has 0 spiro atoms. The quantitative estimate of drug-likeness (QED) is 0.502. The van der Waals surface area contributed by atoms with Crippen LogP contribution >= 0.6 is 0 Å². The van der Waals surface area contributed by atoms with Crippen LogP contribution in [-0.4, -0.2) is 57.3 Å². The highest BCUT2D eigenvalue weighted by Gasteiger charge is 2.13. The molecule has 10 heteroatoms. The summed E-state index contributed by atoms with van der Waals surface area (Å²) in [6, 6.07) is 5.87. The summed E-state index contributed by atoms with van der Waals surface area (Å²) in [5.41, 5.74) is 0. The van der Waals surface area contributed by atoms with Crippen LogP contribution in [0.2, 0.25) is 0 Å². The minimum atomic E-state index is -3.59. The number of sulfonamides is 1. The van der Waals surface area contributed by atoms with Crippen LogP contribution in [0.25, 0.3) is 0 Å². The van der Waals surface area contributed by atoms with Crippen molar-refractivity contribution in [1.82, 2.24) is 19.6 Å². The van der Waals surface area contributed by atoms with Crippen LogP contribution in [0.15, 0.2) is 47.9 Å². The molecule has 1 heterocycles. The molecule has 2 N–H and O–H groups in total. The maximum absolute atomic E-state index is 12.0. The number of nitrogens with zero attached hydrogens (tertiary/aromatic N) is 2. The number of amides is 1. The first kappa shape index (κ1) is 20.9. The van der Waals surface area contributed by atoms with Gasteiger partial charge in [0.15, 0.2) is 6.61 Å². The molecule has 0 saturated carbocycles. The number of nitrogens with one attached hydrogen (secondary N) is 2. The van der Waals surface area contributed by atoms with Gasteiger partial charge in [-0.3, -0.25) is 4.79 Å². The maximum atomic E-state index is 12.0. The fraction of sp³-hybridized carbons (Fsp3) is 0.412. The number of carbonyl (C=O) groups excluding carboxylic acids is 1. The Hall–Kier alpha value is -2.43. The van der Waals surface area contributed by atoms with Gasteiger partial charge in [0.05, 0.1) is 17.8 Å². The minimum absolute atomic E-state index is 0.120. The van der Waals surface area contributed by atoms with Crippen molar-refractivity contribution in [3.8, 4) is 5.75 Å². The predicted octanol–water partition coefficient (Wildman–Crippen LogP) is 0.393. The average Bonchev–Trinajstić information content (AvgIpc) is 3.17. The third-order valence-corrected chi connectivity index (χ3v) is 5.05. The molecule has 2 aromatic rings. The van der Waals surface area contributed by atoms with Crippen LogP contribution in [0.3, 0.4) is 0 Å². The van der Waals surface area contributed by atoms with Crippen molar-refractivity contribution in [3.05, 3.63) is 43.0 Å². The van der Waals surface area contributed by atoms with E-state index in [2.05, 4.69) is 15.0 Å². The van der Waals surface area contributed by atoms with E-state index in [0.29, 0.717) is 12.3 Å². The van der Waals surface area contributed by atoms with E-state index in [1.165, 1.54) is 31.4 Å². The van der Waals surface area contributed by atoms with E-state index in [0.717, 1.165) is 13.0 Å². The van der Waals surface area contributed by atoms with Gasteiger partial charge >= 0.3 is 0 Å². The molecule has 0 saturated heterocycles. The predicted molar refractivity (Wildman–Crippen MR) is 98.9 cm³/mol. The summed E-state index contributed by atoms with van der Waals surface area (Å²) >= 11 is 0. The van der Waals surface area contributed by atoms with Gasteiger partial charge in [-0.2, -0.15) is 0 Å². The summed E-state index contributed by atoms with van der Waals surface area (Å²) in [5.74, 6) is 0.179. The molecule has 1 amide bonds. The van der Waals surface area contributed by atoms with Gasteiger partial charge in [-0.15, -0.1) is 0 Å². The van der Waals surface area contributed by atoms with Crippen LogP contribution in [0, 0.1) is 0 Å². The zero-order valence-electron chi connectivity index (χ0n) is 15.1. The Morgan fingerprint density at radius 1 is 1.22 bits per heavy atom. The van der Waals surface area contributed by atoms with Crippen molar-refractivity contribution in [2.24, 2.45) is 0 Å². The topological polar surface area (TPSA) is 112 Å². The lowest BCUT2D eigenvalue weighted by molar-refractivity contribution is -0.123. The number of rotatable bonds is 12. The van der Waals surface area contributed by atoms with E-state index in [1.54, 1.807) is 12.5 Å². The molecule has 27 heavy (non-hydrogen) atoms. The molecule has 2 rings (SSSR count). The second kappa shape index (κ2) is 10.7. The Kier molecular flexibility index (Phi) is 8.24. The SMILES string of the molecule is COCCNS(=O)(=O)c1ccc(OCC(=O)NCCCn2ccnc2)cc1. The van der Waals surface area contributed by atoms with Crippen molar-refractivity contribution in [3.63, 3.8) is 0 Å². The molecule has 1 aromatic carbocycles. The smallest absolute Gasteiger partial charge is 0.257 e. The van der Waals surface area contributed by atoms with Crippen LogP contribution in [-0.2, 0) is 26.1 Å². The number of hydrogen-bond donors (Lipinski definition) is 2. The summed E-state index contributed by atoms with van der Waals surface area (Å²) in [7, 11) is -2.09. The summed E-state index contributed by atoms with van der Waals surface area (Å²) < 4.78 is 38.6. The number of ether oxygens (including phenoxy) is 2. The number of methoxy groups -OCH3 is 1. The first-order chi connectivity index (χ1) is 13.0. The molecule has 0 aliphatic rings. The van der Waals surface area contributed by atoms with Gasteiger partial charge in [0.2, 0.25) is 10.0 Å². The highest BCUT2D eigenvalue weighted by molar-refractivity contribution is 7.89. The van der Waals surface area contributed by atoms with Crippen LogP contribution in [0.5, 0.6) is 5.75 Å². The normalized spacial score (nSPS) is 11.3. The lowest BCUT2D eigenvalue weighted by Gasteiger charge is -2.09. The summed E-state index contributed by atoms with van der Waals surface area (Å²) in [6.45, 7) is 1.65. The lowest BCUT2D eigenvalue weighted by atomic mass is 10.3. The number of benzene rings is 1. The number of hydrogen-bond acceptors (Lipinski definition) is 6. The fourth-order valence-electron chi connectivity index (χ4n) is 2.18. The summed E-state index contributed by atoms with van der Waals surface area (Å²) in [4.78, 5) is 15.8. The molecule has 0 fully saturated rings. The Morgan fingerprint density at radius 3 is 2.67 bits per heavy atom. The van der Waals surface area contributed by atoms with Gasteiger partial charge in [0.1, 0.15) is 5.75 Å². The van der Waals surface area contributed by atoms with E-state index in [9.17, 15) is 13.2 Å². The van der Waals surface area contributed by atoms with Crippen LogP contribution < -0.4 is 14.8 Å². The zero-order valence-corrected chi connectivity index (χ0v) is 15.9. The molecule has 0 aliphatic carbocycles. The second-order valence-electron chi connectivity index (χ2n) is 5.65. The number of carbonyl (C=O) groups is 1. The Bertz CT molecular complexity index is 791. The van der Waals surface area contributed by atoms with Crippen molar-refractivity contribution < 1.29 is 22.7 Å². The Morgan fingerprint density at radius 2 is 2.00 bits per heavy atom. The third-order valence-electron chi connectivity index (χ3n) is 3.58. The summed E-state index contributed by atoms with van der Waals surface area (Å²) in [6.07, 6.45) is 6.08. The standard InChI is InChI=1S/C17H24N4O5S/c1-25-12-9-20-27(23,24)16-5-3-15(4-6-16)26-13-17(22)19-7-2-10-21-11-8-18-14-21/h3-6,8,11,14,20H,2,7,9-10,12-13H2,1H3,(H,19,22). The van der Waals surface area contributed by atoms with Gasteiger partial charge in [-0.05, 0) is 30.7 Å². The monoisotopic (exact) mass is 396 g/mol. The van der Waals surface area contributed by atoms with Crippen molar-refractivity contribution in [2.45, 2.75) is 17.9 Å². The van der Waals surface area contributed by atoms with Crippen molar-refractivity contribution in [2.75, 3.05) is 33.4 Å². The van der Waals surface area contributed by atoms with Gasteiger partial charge in [-0.25, -0.2) is 18.1 Å². The number of aromatic nitrogens is 2. The van der Waals surface area contributed by atoms with Gasteiger partial charge in [0.25, 0.3) is 5.91 Å². The van der Waals surface area contributed by atoms with Crippen LogP contribution in [0.4, 0.5) is 0 Å². The first-order valence-electron chi connectivity index (χ1n) is 8.45. The minimum Gasteiger partial charge on any atom is -0.484 e. The molecular weight excluding hydrogens is 372 g/mol. The highest BCUT2D eigenvalue weighted by atomic mass is 32.2. The molecule has 1 aromatic heterocycles. The molecule has 148 valence electrons. The Balaban J connectivity index is 1.70. The number of aryl methyl sites for hydroxylation is 1. The van der Waals surface area contributed by atoms with E-state index < -0.39 is 10.0 Å². The fourth-order valence-corrected chi connectivity index (χ4v) is 3.20. The van der Waals surface area contributed by atoms with Crippen molar-refractivity contribution in [1.29, 1.82) is 0 Å². The van der Waals surface area contributed by atoms with Crippen molar-refractivity contribution >= 4 is 15.9 Å². The molecule has 0 bridgehead atoms. The maximum Gasteiger partial charge on any atom is 0.257 e. The molecule has 0 radical (unpaired) electrons. The molecule has 9 nitrogen and oxygen atoms in total. The zero-order chi connectivity index (χ0) is 19.5. The molecule has 0 aliphatic heterocycles. The summed E-state index contributed by atoms with van der Waals surface area (Å²) in [5, 5.41) is 2.76. The molecule has 0 unspecified atom stereocenters. The van der Waals surface area contributed by atoms with E-state index >= 15 is 0 Å². The Labute approximate surface area is 158 Å². The van der Waals surface area contributed by atoms with Gasteiger partial charge in [-0.1, -0.05) is 0 Å². The number of imidazole rings is 1. The van der Waals surface area contributed by atoms with E-state index in [1.807, 2.05) is 10.8 Å². The van der Waals surface area contributed by atoms with E-state index in [4.69, 9.17) is 9.47 Å². The largest absolute Gasteiger partial charge is 0.484 e. The first-order valence-corrected chi connectivity index (χ1v) is 9.93. The third kappa shape index (κ3) is 7.37. The lowest BCUT2D eigenvalue weighted by Crippen LogP contribution is -2.30.